The zero-order valence-corrected chi connectivity index (χ0v) is 19.7. The second-order valence-corrected chi connectivity index (χ2v) is 9.05. The zero-order chi connectivity index (χ0) is 22.6. The van der Waals surface area contributed by atoms with Gasteiger partial charge >= 0.3 is 0 Å². The SMILES string of the molecule is CCOC1CCCC=C1CNC1CCN(c2nnc(-c3ccnn3C)c3ccccc23)CC1. The van der Waals surface area contributed by atoms with Crippen molar-refractivity contribution in [3.05, 3.63) is 48.2 Å². The van der Waals surface area contributed by atoms with E-state index in [1.54, 1.807) is 6.20 Å². The summed E-state index contributed by atoms with van der Waals surface area (Å²) < 4.78 is 7.81. The topological polar surface area (TPSA) is 68.1 Å². The summed E-state index contributed by atoms with van der Waals surface area (Å²) in [6.45, 7) is 5.78. The summed E-state index contributed by atoms with van der Waals surface area (Å²) in [5.41, 5.74) is 3.30. The number of rotatable bonds is 7. The monoisotopic (exact) mass is 446 g/mol. The maximum absolute atomic E-state index is 5.96. The summed E-state index contributed by atoms with van der Waals surface area (Å²) in [7, 11) is 1.94. The maximum atomic E-state index is 5.96. The number of nitrogens with zero attached hydrogens (tertiary/aromatic N) is 5. The van der Waals surface area contributed by atoms with E-state index in [9.17, 15) is 0 Å². The zero-order valence-electron chi connectivity index (χ0n) is 19.7. The number of fused-ring (bicyclic) bond motifs is 1. The van der Waals surface area contributed by atoms with Gasteiger partial charge in [0, 0.05) is 56.3 Å². The molecule has 174 valence electrons. The molecule has 3 heterocycles. The summed E-state index contributed by atoms with van der Waals surface area (Å²) in [6, 6.07) is 11.0. The second kappa shape index (κ2) is 10.0. The molecule has 1 aromatic carbocycles. The molecular formula is C26H34N6O. The molecule has 2 aliphatic rings. The Labute approximate surface area is 195 Å². The van der Waals surface area contributed by atoms with Gasteiger partial charge in [-0.3, -0.25) is 4.68 Å². The first-order valence-corrected chi connectivity index (χ1v) is 12.3. The number of piperidine rings is 1. The highest BCUT2D eigenvalue weighted by Gasteiger charge is 2.24. The average molecular weight is 447 g/mol. The van der Waals surface area contributed by atoms with Gasteiger partial charge in [0.05, 0.1) is 11.8 Å². The first-order chi connectivity index (χ1) is 16.2. The molecule has 1 fully saturated rings. The Morgan fingerprint density at radius 3 is 2.64 bits per heavy atom. The fourth-order valence-electron chi connectivity index (χ4n) is 5.16. The Balaban J connectivity index is 1.26. The van der Waals surface area contributed by atoms with Crippen LogP contribution in [0.2, 0.25) is 0 Å². The van der Waals surface area contributed by atoms with Crippen molar-refractivity contribution in [2.45, 2.75) is 51.2 Å². The lowest BCUT2D eigenvalue weighted by molar-refractivity contribution is 0.0751. The fourth-order valence-corrected chi connectivity index (χ4v) is 5.16. The van der Waals surface area contributed by atoms with E-state index in [1.165, 1.54) is 18.4 Å². The van der Waals surface area contributed by atoms with Crippen molar-refractivity contribution in [1.29, 1.82) is 0 Å². The molecule has 7 heteroatoms. The number of ether oxygens (including phenoxy) is 1. The number of allylic oxidation sites excluding steroid dienone is 1. The van der Waals surface area contributed by atoms with Crippen LogP contribution in [0.5, 0.6) is 0 Å². The van der Waals surface area contributed by atoms with Gasteiger partial charge in [0.2, 0.25) is 0 Å². The highest BCUT2D eigenvalue weighted by atomic mass is 16.5. The van der Waals surface area contributed by atoms with E-state index >= 15 is 0 Å². The molecule has 0 saturated carbocycles. The van der Waals surface area contributed by atoms with Gasteiger partial charge in [-0.15, -0.1) is 10.2 Å². The van der Waals surface area contributed by atoms with Crippen LogP contribution < -0.4 is 10.2 Å². The average Bonchev–Trinajstić information content (AvgIpc) is 3.29. The van der Waals surface area contributed by atoms with Crippen molar-refractivity contribution in [3.63, 3.8) is 0 Å². The summed E-state index contributed by atoms with van der Waals surface area (Å²) in [4.78, 5) is 2.39. The lowest BCUT2D eigenvalue weighted by Crippen LogP contribution is -2.44. The van der Waals surface area contributed by atoms with Gasteiger partial charge in [0.15, 0.2) is 5.82 Å². The smallest absolute Gasteiger partial charge is 0.159 e. The summed E-state index contributed by atoms with van der Waals surface area (Å²) >= 11 is 0. The molecule has 0 amide bonds. The van der Waals surface area contributed by atoms with Crippen LogP contribution in [-0.4, -0.2) is 58.4 Å². The third-order valence-electron chi connectivity index (χ3n) is 6.98. The van der Waals surface area contributed by atoms with Crippen LogP contribution in [-0.2, 0) is 11.8 Å². The number of aryl methyl sites for hydroxylation is 1. The predicted octanol–water partition coefficient (Wildman–Crippen LogP) is 4.10. The molecule has 5 rings (SSSR count). The molecule has 1 unspecified atom stereocenters. The first kappa shape index (κ1) is 22.0. The highest BCUT2D eigenvalue weighted by molar-refractivity contribution is 5.99. The normalized spacial score (nSPS) is 19.8. The quantitative estimate of drug-likeness (QED) is 0.551. The van der Waals surface area contributed by atoms with E-state index in [4.69, 9.17) is 9.84 Å². The summed E-state index contributed by atoms with van der Waals surface area (Å²) in [5.74, 6) is 0.987. The molecule has 2 aromatic heterocycles. The molecular weight excluding hydrogens is 412 g/mol. The van der Waals surface area contributed by atoms with Crippen LogP contribution in [0.15, 0.2) is 48.2 Å². The summed E-state index contributed by atoms with van der Waals surface area (Å²) in [6.07, 6.45) is 10.3. The van der Waals surface area contributed by atoms with Crippen molar-refractivity contribution in [2.24, 2.45) is 7.05 Å². The van der Waals surface area contributed by atoms with E-state index in [-0.39, 0.29) is 0 Å². The number of aromatic nitrogens is 4. The van der Waals surface area contributed by atoms with Crippen LogP contribution in [0, 0.1) is 0 Å². The third-order valence-corrected chi connectivity index (χ3v) is 6.98. The molecule has 0 radical (unpaired) electrons. The van der Waals surface area contributed by atoms with Gasteiger partial charge in [-0.25, -0.2) is 0 Å². The van der Waals surface area contributed by atoms with Gasteiger partial charge in [0.25, 0.3) is 0 Å². The Hall–Kier alpha value is -2.77. The molecule has 33 heavy (non-hydrogen) atoms. The molecule has 1 N–H and O–H groups in total. The van der Waals surface area contributed by atoms with Crippen LogP contribution in [0.25, 0.3) is 22.2 Å². The van der Waals surface area contributed by atoms with Gasteiger partial charge < -0.3 is 15.0 Å². The molecule has 1 aliphatic heterocycles. The number of anilines is 1. The van der Waals surface area contributed by atoms with Crippen LogP contribution in [0.4, 0.5) is 5.82 Å². The highest BCUT2D eigenvalue weighted by Crippen LogP contribution is 2.32. The lowest BCUT2D eigenvalue weighted by Gasteiger charge is -2.34. The van der Waals surface area contributed by atoms with Crippen molar-refractivity contribution in [1.82, 2.24) is 25.3 Å². The maximum Gasteiger partial charge on any atom is 0.159 e. The van der Waals surface area contributed by atoms with Crippen molar-refractivity contribution in [2.75, 3.05) is 31.1 Å². The van der Waals surface area contributed by atoms with E-state index in [2.05, 4.69) is 57.7 Å². The minimum atomic E-state index is 0.302. The van der Waals surface area contributed by atoms with Gasteiger partial charge in [0.1, 0.15) is 5.69 Å². The molecule has 0 bridgehead atoms. The molecule has 1 saturated heterocycles. The number of benzene rings is 1. The number of nitrogens with one attached hydrogen (secondary N) is 1. The molecule has 1 aliphatic carbocycles. The minimum absolute atomic E-state index is 0.302. The summed E-state index contributed by atoms with van der Waals surface area (Å²) in [5, 5.41) is 19.7. The van der Waals surface area contributed by atoms with Crippen molar-refractivity contribution < 1.29 is 4.74 Å². The largest absolute Gasteiger partial charge is 0.374 e. The standard InChI is InChI=1S/C26H34N6O/c1-3-33-24-11-7-4-8-19(24)18-27-20-13-16-32(17-14-20)26-22-10-6-5-9-21(22)25(29-30-26)23-12-15-28-31(23)2/h5-6,8-10,12,15,20,24,27H,3-4,7,11,13-14,16-18H2,1-2H3. The molecule has 7 nitrogen and oxygen atoms in total. The third kappa shape index (κ3) is 4.66. The Kier molecular flexibility index (Phi) is 6.69. The van der Waals surface area contributed by atoms with Gasteiger partial charge in [-0.1, -0.05) is 30.3 Å². The van der Waals surface area contributed by atoms with Crippen molar-refractivity contribution >= 4 is 16.6 Å². The van der Waals surface area contributed by atoms with Crippen LogP contribution in [0.3, 0.4) is 0 Å². The molecule has 0 spiro atoms. The Morgan fingerprint density at radius 2 is 1.88 bits per heavy atom. The van der Waals surface area contributed by atoms with Gasteiger partial charge in [-0.2, -0.15) is 5.10 Å². The van der Waals surface area contributed by atoms with E-state index in [1.807, 2.05) is 17.8 Å². The van der Waals surface area contributed by atoms with E-state index in [0.29, 0.717) is 12.1 Å². The predicted molar refractivity (Wildman–Crippen MR) is 132 cm³/mol. The fraction of sp³-hybridized carbons (Fsp3) is 0.500. The van der Waals surface area contributed by atoms with Crippen LogP contribution in [0.1, 0.15) is 39.0 Å². The number of hydrogen-bond acceptors (Lipinski definition) is 6. The lowest BCUT2D eigenvalue weighted by atomic mass is 9.95. The molecule has 3 aromatic rings. The second-order valence-electron chi connectivity index (χ2n) is 9.05. The van der Waals surface area contributed by atoms with Crippen molar-refractivity contribution in [3.8, 4) is 11.4 Å². The number of hydrogen-bond donors (Lipinski definition) is 1. The minimum Gasteiger partial charge on any atom is -0.374 e. The molecule has 1 atom stereocenters. The van der Waals surface area contributed by atoms with Gasteiger partial charge in [-0.05, 0) is 50.7 Å². The Bertz CT molecular complexity index is 1110. The van der Waals surface area contributed by atoms with Crippen LogP contribution >= 0.6 is 0 Å². The Morgan fingerprint density at radius 1 is 1.06 bits per heavy atom. The van der Waals surface area contributed by atoms with E-state index in [0.717, 1.165) is 73.5 Å². The first-order valence-electron chi connectivity index (χ1n) is 12.3. The van der Waals surface area contributed by atoms with E-state index < -0.39 is 0 Å².